The molecule has 0 amide bonds. The molecule has 3 N–H and O–H groups in total. The number of rotatable bonds is 3. The normalized spacial score (nSPS) is 10.9. The number of fused-ring (bicyclic) bond motifs is 1. The summed E-state index contributed by atoms with van der Waals surface area (Å²) in [6.07, 6.45) is 1.40. The van der Waals surface area contributed by atoms with Crippen LogP contribution in [-0.2, 0) is 0 Å². The minimum Gasteiger partial charge on any atom is -0.507 e. The number of aromatic nitrogens is 3. The van der Waals surface area contributed by atoms with Crippen LogP contribution in [0.25, 0.3) is 22.2 Å². The van der Waals surface area contributed by atoms with E-state index in [9.17, 15) is 14.7 Å². The van der Waals surface area contributed by atoms with Gasteiger partial charge in [0, 0.05) is 28.5 Å². The van der Waals surface area contributed by atoms with Crippen molar-refractivity contribution in [3.8, 4) is 16.9 Å². The molecule has 4 aromatic rings. The summed E-state index contributed by atoms with van der Waals surface area (Å²) in [7, 11) is 0. The van der Waals surface area contributed by atoms with Crippen molar-refractivity contribution >= 4 is 34.3 Å². The second-order valence-corrected chi connectivity index (χ2v) is 6.44. The highest BCUT2D eigenvalue weighted by Gasteiger charge is 2.18. The molecular weight excluding hydrogens is 384 g/mol. The van der Waals surface area contributed by atoms with Crippen molar-refractivity contribution < 1.29 is 9.52 Å². The lowest BCUT2D eigenvalue weighted by Gasteiger charge is -2.09. The van der Waals surface area contributed by atoms with Crippen molar-refractivity contribution in [3.05, 3.63) is 74.2 Å². The smallest absolute Gasteiger partial charge is 0.347 e. The zero-order valence-electron chi connectivity index (χ0n) is 14.5. The van der Waals surface area contributed by atoms with Gasteiger partial charge in [-0.2, -0.15) is 4.98 Å². The van der Waals surface area contributed by atoms with Gasteiger partial charge in [-0.15, -0.1) is 0 Å². The summed E-state index contributed by atoms with van der Waals surface area (Å²) >= 11 is 5.86. The van der Waals surface area contributed by atoms with Gasteiger partial charge in [-0.1, -0.05) is 11.6 Å². The Labute approximate surface area is 162 Å². The molecule has 0 aliphatic heterocycles. The molecule has 0 aliphatic carbocycles. The number of anilines is 2. The van der Waals surface area contributed by atoms with Crippen LogP contribution in [-0.4, -0.2) is 20.1 Å². The third kappa shape index (κ3) is 3.21. The summed E-state index contributed by atoms with van der Waals surface area (Å²) < 4.78 is 5.05. The minimum atomic E-state index is -0.757. The molecule has 0 aliphatic rings. The fraction of sp³-hybridized carbons (Fsp3) is 0.0526. The van der Waals surface area contributed by atoms with Crippen molar-refractivity contribution in [2.75, 3.05) is 5.32 Å². The molecule has 0 fully saturated rings. The molecule has 3 heterocycles. The van der Waals surface area contributed by atoms with Crippen molar-refractivity contribution in [2.24, 2.45) is 0 Å². The van der Waals surface area contributed by atoms with Gasteiger partial charge in [-0.05, 0) is 37.3 Å². The van der Waals surface area contributed by atoms with E-state index in [-0.39, 0.29) is 39.6 Å². The average molecular weight is 397 g/mol. The third-order valence-electron chi connectivity index (χ3n) is 4.04. The largest absolute Gasteiger partial charge is 0.507 e. The van der Waals surface area contributed by atoms with Crippen LogP contribution in [0.5, 0.6) is 5.75 Å². The summed E-state index contributed by atoms with van der Waals surface area (Å²) in [6, 6.07) is 9.60. The van der Waals surface area contributed by atoms with E-state index in [1.165, 1.54) is 18.3 Å². The van der Waals surface area contributed by atoms with E-state index < -0.39 is 11.2 Å². The Hall–Kier alpha value is -3.65. The van der Waals surface area contributed by atoms with Crippen molar-refractivity contribution in [1.29, 1.82) is 0 Å². The molecule has 0 spiro atoms. The van der Waals surface area contributed by atoms with Crippen LogP contribution >= 0.6 is 11.6 Å². The Kier molecular flexibility index (Phi) is 4.32. The zero-order chi connectivity index (χ0) is 19.8. The summed E-state index contributed by atoms with van der Waals surface area (Å²) in [5.74, 6) is 0.139. The molecule has 0 saturated carbocycles. The number of aromatic hydroxyl groups is 1. The number of aromatic amines is 1. The van der Waals surface area contributed by atoms with Crippen molar-refractivity contribution in [1.82, 2.24) is 15.0 Å². The molecule has 1 aromatic carbocycles. The highest BCUT2D eigenvalue weighted by molar-refractivity contribution is 6.30. The standard InChI is InChI=1S/C19H13ClN4O4/c1-9-8-13(25)14(18(27)28-9)12-6-7-21-16-15(12)17(26)24-19(23-16)22-11-4-2-10(20)3-5-11/h2-8,25H,1H3,(H2,21,22,23,24,26). The van der Waals surface area contributed by atoms with Gasteiger partial charge in [0.1, 0.15) is 17.1 Å². The van der Waals surface area contributed by atoms with Gasteiger partial charge in [0.15, 0.2) is 5.65 Å². The van der Waals surface area contributed by atoms with Gasteiger partial charge in [0.05, 0.1) is 5.39 Å². The Morgan fingerprint density at radius 3 is 2.64 bits per heavy atom. The number of hydrogen-bond donors (Lipinski definition) is 3. The number of halogens is 1. The molecule has 0 bridgehead atoms. The summed E-state index contributed by atoms with van der Waals surface area (Å²) in [5.41, 5.74) is -0.444. The number of H-pyrrole nitrogens is 1. The number of nitrogens with one attached hydrogen (secondary N) is 2. The maximum Gasteiger partial charge on any atom is 0.347 e. The first-order valence-corrected chi connectivity index (χ1v) is 8.56. The molecule has 0 atom stereocenters. The molecule has 9 heteroatoms. The van der Waals surface area contributed by atoms with Crippen LogP contribution in [0.4, 0.5) is 11.6 Å². The number of benzene rings is 1. The van der Waals surface area contributed by atoms with Crippen molar-refractivity contribution in [2.45, 2.75) is 6.92 Å². The molecular formula is C19H13ClN4O4. The predicted molar refractivity (Wildman–Crippen MR) is 105 cm³/mol. The molecule has 8 nitrogen and oxygen atoms in total. The highest BCUT2D eigenvalue weighted by atomic mass is 35.5. The van der Waals surface area contributed by atoms with Crippen LogP contribution in [0.1, 0.15) is 5.76 Å². The molecule has 0 unspecified atom stereocenters. The first kappa shape index (κ1) is 17.7. The second kappa shape index (κ2) is 6.82. The maximum absolute atomic E-state index is 12.7. The molecule has 4 rings (SSSR count). The van der Waals surface area contributed by atoms with Gasteiger partial charge >= 0.3 is 5.63 Å². The van der Waals surface area contributed by atoms with Crippen LogP contribution in [0.2, 0.25) is 5.02 Å². The van der Waals surface area contributed by atoms with E-state index in [1.54, 1.807) is 31.2 Å². The highest BCUT2D eigenvalue weighted by Crippen LogP contribution is 2.30. The van der Waals surface area contributed by atoms with Crippen LogP contribution in [0.15, 0.2) is 56.6 Å². The molecule has 0 saturated heterocycles. The second-order valence-electron chi connectivity index (χ2n) is 6.01. The lowest BCUT2D eigenvalue weighted by atomic mass is 10.0. The van der Waals surface area contributed by atoms with E-state index in [4.69, 9.17) is 16.0 Å². The first-order valence-electron chi connectivity index (χ1n) is 8.18. The molecule has 140 valence electrons. The van der Waals surface area contributed by atoms with Gasteiger partial charge in [-0.3, -0.25) is 9.78 Å². The fourth-order valence-corrected chi connectivity index (χ4v) is 2.97. The number of pyridine rings is 1. The Balaban J connectivity index is 1.87. The molecule has 3 aromatic heterocycles. The maximum atomic E-state index is 12.7. The quantitative estimate of drug-likeness (QED) is 0.485. The Morgan fingerprint density at radius 1 is 1.18 bits per heavy atom. The number of aryl methyl sites for hydroxylation is 1. The zero-order valence-corrected chi connectivity index (χ0v) is 15.2. The van der Waals surface area contributed by atoms with E-state index in [2.05, 4.69) is 20.3 Å². The Morgan fingerprint density at radius 2 is 1.93 bits per heavy atom. The third-order valence-corrected chi connectivity index (χ3v) is 4.29. The number of nitrogens with zero attached hydrogens (tertiary/aromatic N) is 2. The van der Waals surface area contributed by atoms with Gasteiger partial charge < -0.3 is 14.8 Å². The van der Waals surface area contributed by atoms with Crippen LogP contribution in [0, 0.1) is 6.92 Å². The van der Waals surface area contributed by atoms with Crippen LogP contribution < -0.4 is 16.5 Å². The lowest BCUT2D eigenvalue weighted by molar-refractivity contribution is 0.438. The topological polar surface area (TPSA) is 121 Å². The van der Waals surface area contributed by atoms with E-state index in [1.807, 2.05) is 0 Å². The van der Waals surface area contributed by atoms with Gasteiger partial charge in [0.2, 0.25) is 5.95 Å². The Bertz CT molecular complexity index is 1310. The summed E-state index contributed by atoms with van der Waals surface area (Å²) in [5, 5.41) is 13.8. The molecule has 0 radical (unpaired) electrons. The summed E-state index contributed by atoms with van der Waals surface area (Å²) in [6.45, 7) is 1.54. The van der Waals surface area contributed by atoms with Gasteiger partial charge in [0.25, 0.3) is 5.56 Å². The van der Waals surface area contributed by atoms with E-state index in [0.29, 0.717) is 10.7 Å². The summed E-state index contributed by atoms with van der Waals surface area (Å²) in [4.78, 5) is 36.0. The lowest BCUT2D eigenvalue weighted by Crippen LogP contribution is -2.14. The SMILES string of the molecule is Cc1cc(O)c(-c2ccnc3nc(Nc4ccc(Cl)cc4)[nH]c(=O)c23)c(=O)o1. The molecule has 28 heavy (non-hydrogen) atoms. The van der Waals surface area contributed by atoms with E-state index >= 15 is 0 Å². The predicted octanol–water partition coefficient (Wildman–Crippen LogP) is 3.35. The van der Waals surface area contributed by atoms with E-state index in [0.717, 1.165) is 0 Å². The number of hydrogen-bond acceptors (Lipinski definition) is 7. The minimum absolute atomic E-state index is 0.0654. The van der Waals surface area contributed by atoms with Crippen molar-refractivity contribution in [3.63, 3.8) is 0 Å². The fourth-order valence-electron chi connectivity index (χ4n) is 2.84. The van der Waals surface area contributed by atoms with Gasteiger partial charge in [-0.25, -0.2) is 9.78 Å². The first-order chi connectivity index (χ1) is 13.4. The average Bonchev–Trinajstić information content (AvgIpc) is 2.63. The van der Waals surface area contributed by atoms with Crippen LogP contribution in [0.3, 0.4) is 0 Å². The monoisotopic (exact) mass is 396 g/mol.